The molecule has 0 aromatic rings. The van der Waals surface area contributed by atoms with Crippen LogP contribution in [0.3, 0.4) is 0 Å². The first-order valence-electron chi connectivity index (χ1n) is 32.5. The van der Waals surface area contributed by atoms with E-state index in [1.165, 1.54) is 173 Å². The van der Waals surface area contributed by atoms with Crippen molar-refractivity contribution in [2.24, 2.45) is 0 Å². The average Bonchev–Trinajstić information content (AvgIpc) is 3.46. The molecule has 0 aromatic carbocycles. The van der Waals surface area contributed by atoms with Crippen molar-refractivity contribution < 1.29 is 79.8 Å². The summed E-state index contributed by atoms with van der Waals surface area (Å²) in [5.41, 5.74) is 0. The highest BCUT2D eigenvalue weighted by Crippen LogP contribution is 2.15. The lowest BCUT2D eigenvalue weighted by Crippen LogP contribution is -2.53. The van der Waals surface area contributed by atoms with Gasteiger partial charge in [0, 0.05) is 33.0 Å². The van der Waals surface area contributed by atoms with E-state index in [0.717, 1.165) is 39.1 Å². The molecule has 20 heteroatoms. The van der Waals surface area contributed by atoms with Crippen LogP contribution in [0.2, 0.25) is 0 Å². The second-order valence-corrected chi connectivity index (χ2v) is 20.5. The minimum Gasteiger partial charge on any atom is -0.400 e. The van der Waals surface area contributed by atoms with Crippen LogP contribution in [0.1, 0.15) is 220 Å². The highest BCUT2D eigenvalue weighted by molar-refractivity contribution is 6.66. The normalized spacial score (nSPS) is 13.0. The first-order valence-corrected chi connectivity index (χ1v) is 32.5. The van der Waals surface area contributed by atoms with Crippen molar-refractivity contribution in [1.29, 1.82) is 0 Å². The molecule has 17 nitrogen and oxygen atoms in total. The molecule has 1 fully saturated rings. The number of hydrogen-bond donors (Lipinski definition) is 0. The third-order valence-corrected chi connectivity index (χ3v) is 13.2. The van der Waals surface area contributed by atoms with Crippen LogP contribution in [-0.4, -0.2) is 187 Å². The molecule has 0 saturated carbocycles. The Morgan fingerprint density at radius 1 is 0.165 bits per heavy atom. The molecule has 1 rings (SSSR count). The van der Waals surface area contributed by atoms with Gasteiger partial charge in [-0.15, -0.1) is 0 Å². The summed E-state index contributed by atoms with van der Waals surface area (Å²) in [6.45, 7) is 19.3. The van der Waals surface area contributed by atoms with Gasteiger partial charge in [-0.2, -0.15) is 0 Å². The molecule has 0 aromatic heterocycles. The van der Waals surface area contributed by atoms with Gasteiger partial charge >= 0.3 is 22.0 Å². The Kier molecular flexibility index (Phi) is 66.2. The number of rotatable bonds is 70. The van der Waals surface area contributed by atoms with Crippen LogP contribution < -0.4 is 0 Å². The third kappa shape index (κ3) is 61.9. The molecular formula is C59H121B3O17. The summed E-state index contributed by atoms with van der Waals surface area (Å²) >= 11 is 0. The standard InChI is InChI=1S/C59H121B3O17/c1-4-7-10-13-16-19-22-25-28-31-35-63-40-44-67-47-43-66-38-34-39-74-60-77-61(75-58-56-72-54-52-70-50-48-68-45-41-64-36-32-29-26-23-20-17-14-11-8-5-2)79-62(78-60)76-59-57-73-55-53-71-51-49-69-46-42-65-37-33-30-27-24-21-18-15-12-9-6-3/h4-59H2,1-3H3. The quantitative estimate of drug-likeness (QED) is 0.0418. The van der Waals surface area contributed by atoms with Gasteiger partial charge in [0.2, 0.25) is 0 Å². The Morgan fingerprint density at radius 2 is 0.329 bits per heavy atom. The second kappa shape index (κ2) is 68.3. The number of ether oxygens (including phenoxy) is 11. The van der Waals surface area contributed by atoms with Gasteiger partial charge in [-0.3, -0.25) is 0 Å². The maximum atomic E-state index is 5.85. The molecule has 468 valence electrons. The Morgan fingerprint density at radius 3 is 0.557 bits per heavy atom. The van der Waals surface area contributed by atoms with Crippen molar-refractivity contribution in [2.45, 2.75) is 220 Å². The molecule has 1 heterocycles. The molecular weight excluding hydrogens is 1010 g/mol. The summed E-state index contributed by atoms with van der Waals surface area (Å²) < 4.78 is 97.2. The molecule has 1 aliphatic rings. The van der Waals surface area contributed by atoms with Crippen LogP contribution in [-0.2, 0) is 79.8 Å². The highest BCUT2D eigenvalue weighted by Gasteiger charge is 2.46. The van der Waals surface area contributed by atoms with Gasteiger partial charge in [0.25, 0.3) is 0 Å². The van der Waals surface area contributed by atoms with E-state index in [1.54, 1.807) is 0 Å². The molecule has 1 saturated heterocycles. The SMILES string of the molecule is CCCCCCCCCCCCOCCOCCOCCCOB1OB(OCCOCCOCCOCCOCCCCCCCCCCCC)OB(OCCOCCOCCOCCOCCCCCCCCCCCC)O1. The molecule has 79 heavy (non-hydrogen) atoms. The first-order chi connectivity index (χ1) is 39.3. The summed E-state index contributed by atoms with van der Waals surface area (Å²) in [5, 5.41) is 0. The zero-order chi connectivity index (χ0) is 56.4. The molecule has 0 amide bonds. The Labute approximate surface area is 485 Å². The zero-order valence-electron chi connectivity index (χ0n) is 51.3. The van der Waals surface area contributed by atoms with Crippen molar-refractivity contribution in [3.63, 3.8) is 0 Å². The van der Waals surface area contributed by atoms with E-state index < -0.39 is 22.0 Å². The first kappa shape index (κ1) is 76.5. The van der Waals surface area contributed by atoms with Gasteiger partial charge in [0.1, 0.15) is 0 Å². The largest absolute Gasteiger partial charge is 0.615 e. The van der Waals surface area contributed by atoms with Gasteiger partial charge in [0.05, 0.1) is 132 Å². The third-order valence-electron chi connectivity index (χ3n) is 13.2. The summed E-state index contributed by atoms with van der Waals surface area (Å²) in [6, 6.07) is 0. The summed E-state index contributed by atoms with van der Waals surface area (Å²) in [6.07, 6.45) is 40.3. The molecule has 0 spiro atoms. The monoisotopic (exact) mass is 1130 g/mol. The van der Waals surface area contributed by atoms with Gasteiger partial charge in [-0.1, -0.05) is 194 Å². The maximum absolute atomic E-state index is 5.85. The van der Waals surface area contributed by atoms with Crippen molar-refractivity contribution in [3.8, 4) is 0 Å². The van der Waals surface area contributed by atoms with E-state index in [1.807, 2.05) is 0 Å². The summed E-state index contributed by atoms with van der Waals surface area (Å²) in [5.74, 6) is 0. The minimum absolute atomic E-state index is 0.203. The van der Waals surface area contributed by atoms with E-state index >= 15 is 0 Å². The van der Waals surface area contributed by atoms with Crippen LogP contribution in [0, 0.1) is 0 Å². The Hall–Kier alpha value is -0.485. The van der Waals surface area contributed by atoms with Crippen molar-refractivity contribution in [1.82, 2.24) is 0 Å². The molecule has 0 bridgehead atoms. The van der Waals surface area contributed by atoms with Gasteiger partial charge in [0.15, 0.2) is 0 Å². The van der Waals surface area contributed by atoms with E-state index in [-0.39, 0.29) is 13.2 Å². The predicted octanol–water partition coefficient (Wildman–Crippen LogP) is 12.4. The molecule has 0 radical (unpaired) electrons. The smallest absolute Gasteiger partial charge is 0.400 e. The van der Waals surface area contributed by atoms with Gasteiger partial charge in [-0.05, 0) is 25.7 Å². The lowest BCUT2D eigenvalue weighted by atomic mass is 9.96. The molecule has 0 aliphatic carbocycles. The fourth-order valence-electron chi connectivity index (χ4n) is 8.49. The lowest BCUT2D eigenvalue weighted by Gasteiger charge is -2.28. The Bertz CT molecular complexity index is 1060. The summed E-state index contributed by atoms with van der Waals surface area (Å²) in [4.78, 5) is 0. The fraction of sp³-hybridized carbons (Fsp3) is 1.00. The van der Waals surface area contributed by atoms with Gasteiger partial charge < -0.3 is 79.8 Å². The van der Waals surface area contributed by atoms with E-state index in [2.05, 4.69) is 20.8 Å². The zero-order valence-corrected chi connectivity index (χ0v) is 51.3. The van der Waals surface area contributed by atoms with E-state index in [9.17, 15) is 0 Å². The average molecular weight is 1140 g/mol. The predicted molar refractivity (Wildman–Crippen MR) is 318 cm³/mol. The van der Waals surface area contributed by atoms with Crippen molar-refractivity contribution >= 4 is 22.0 Å². The molecule has 1 aliphatic heterocycles. The van der Waals surface area contributed by atoms with Gasteiger partial charge in [-0.25, -0.2) is 0 Å². The van der Waals surface area contributed by atoms with Crippen molar-refractivity contribution in [2.75, 3.05) is 165 Å². The van der Waals surface area contributed by atoms with E-state index in [4.69, 9.17) is 79.8 Å². The van der Waals surface area contributed by atoms with Crippen LogP contribution in [0.5, 0.6) is 0 Å². The topological polar surface area (TPSA) is 157 Å². The Balaban J connectivity index is 2.15. The second-order valence-electron chi connectivity index (χ2n) is 20.5. The summed E-state index contributed by atoms with van der Waals surface area (Å²) in [7, 11) is -3.27. The molecule has 0 N–H and O–H groups in total. The van der Waals surface area contributed by atoms with Crippen LogP contribution in [0.25, 0.3) is 0 Å². The fourth-order valence-corrected chi connectivity index (χ4v) is 8.49. The van der Waals surface area contributed by atoms with Crippen LogP contribution in [0.4, 0.5) is 0 Å². The minimum atomic E-state index is -1.10. The van der Waals surface area contributed by atoms with Crippen LogP contribution in [0.15, 0.2) is 0 Å². The number of hydrogen-bond acceptors (Lipinski definition) is 17. The molecule has 0 unspecified atom stereocenters. The van der Waals surface area contributed by atoms with Crippen LogP contribution >= 0.6 is 0 Å². The van der Waals surface area contributed by atoms with E-state index in [0.29, 0.717) is 139 Å². The highest BCUT2D eigenvalue weighted by atomic mass is 16.9. The maximum Gasteiger partial charge on any atom is 0.615 e. The molecule has 0 atom stereocenters. The van der Waals surface area contributed by atoms with Crippen molar-refractivity contribution in [3.05, 3.63) is 0 Å². The lowest BCUT2D eigenvalue weighted by molar-refractivity contribution is -0.0108. The number of unbranched alkanes of at least 4 members (excludes halogenated alkanes) is 27.